The molecule has 1 saturated heterocycles. The van der Waals surface area contributed by atoms with Crippen LogP contribution >= 0.6 is 0 Å². The maximum Gasteiger partial charge on any atom is 0.0900 e. The van der Waals surface area contributed by atoms with Crippen LogP contribution in [-0.4, -0.2) is 35.2 Å². The van der Waals surface area contributed by atoms with Crippen molar-refractivity contribution < 1.29 is 5.11 Å². The van der Waals surface area contributed by atoms with Crippen LogP contribution in [0.1, 0.15) is 39.0 Å². The van der Waals surface area contributed by atoms with Crippen LogP contribution in [0.2, 0.25) is 0 Å². The Bertz CT molecular complexity index is 171. The molecule has 0 radical (unpaired) electrons. The predicted molar refractivity (Wildman–Crippen MR) is 53.6 cm³/mol. The van der Waals surface area contributed by atoms with Gasteiger partial charge in [0.15, 0.2) is 0 Å². The number of rotatable bonds is 5. The summed E-state index contributed by atoms with van der Waals surface area (Å²) in [6.45, 7) is 5.21. The summed E-state index contributed by atoms with van der Waals surface area (Å²) in [6, 6.07) is 0. The van der Waals surface area contributed by atoms with Gasteiger partial charge >= 0.3 is 0 Å². The Morgan fingerprint density at radius 1 is 1.38 bits per heavy atom. The highest BCUT2D eigenvalue weighted by Gasteiger charge is 2.40. The van der Waals surface area contributed by atoms with Crippen LogP contribution in [0.4, 0.5) is 0 Å². The molecule has 2 heteroatoms. The molecule has 76 valence electrons. The van der Waals surface area contributed by atoms with E-state index in [2.05, 4.69) is 11.8 Å². The molecule has 2 rings (SSSR count). The minimum Gasteiger partial charge on any atom is -0.387 e. The topological polar surface area (TPSA) is 23.5 Å². The van der Waals surface area contributed by atoms with E-state index < -0.39 is 0 Å². The zero-order valence-electron chi connectivity index (χ0n) is 8.63. The summed E-state index contributed by atoms with van der Waals surface area (Å²) in [5, 5.41) is 9.92. The molecule has 2 nitrogen and oxygen atoms in total. The monoisotopic (exact) mass is 183 g/mol. The van der Waals surface area contributed by atoms with Crippen molar-refractivity contribution in [3.8, 4) is 0 Å². The lowest BCUT2D eigenvalue weighted by Crippen LogP contribution is -2.61. The minimum absolute atomic E-state index is 0.321. The highest BCUT2D eigenvalue weighted by atomic mass is 16.3. The molecule has 0 bridgehead atoms. The second-order valence-electron chi connectivity index (χ2n) is 4.92. The lowest BCUT2D eigenvalue weighted by Gasteiger charge is -2.46. The van der Waals surface area contributed by atoms with Crippen molar-refractivity contribution in [2.75, 3.05) is 19.6 Å². The van der Waals surface area contributed by atoms with E-state index in [9.17, 15) is 5.11 Å². The third-order valence-electron chi connectivity index (χ3n) is 3.30. The normalized spacial score (nSPS) is 27.2. The van der Waals surface area contributed by atoms with Crippen LogP contribution in [0.15, 0.2) is 0 Å². The Morgan fingerprint density at radius 3 is 2.62 bits per heavy atom. The molecule has 0 atom stereocenters. The van der Waals surface area contributed by atoms with E-state index in [0.717, 1.165) is 31.8 Å². The first-order chi connectivity index (χ1) is 6.22. The number of nitrogens with zero attached hydrogens (tertiary/aromatic N) is 1. The van der Waals surface area contributed by atoms with Crippen molar-refractivity contribution in [2.24, 2.45) is 5.92 Å². The van der Waals surface area contributed by atoms with Crippen molar-refractivity contribution in [3.63, 3.8) is 0 Å². The molecule has 1 aliphatic carbocycles. The van der Waals surface area contributed by atoms with Crippen LogP contribution in [0, 0.1) is 5.92 Å². The van der Waals surface area contributed by atoms with Gasteiger partial charge < -0.3 is 5.11 Å². The Kier molecular flexibility index (Phi) is 2.61. The van der Waals surface area contributed by atoms with Gasteiger partial charge in [0.25, 0.3) is 0 Å². The van der Waals surface area contributed by atoms with Crippen LogP contribution in [-0.2, 0) is 0 Å². The van der Waals surface area contributed by atoms with E-state index in [-0.39, 0.29) is 5.60 Å². The highest BCUT2D eigenvalue weighted by molar-refractivity contribution is 4.95. The lowest BCUT2D eigenvalue weighted by molar-refractivity contribution is -0.103. The van der Waals surface area contributed by atoms with Crippen molar-refractivity contribution in [3.05, 3.63) is 0 Å². The Balaban J connectivity index is 1.59. The Hall–Kier alpha value is -0.0800. The maximum atomic E-state index is 9.92. The molecule has 2 fully saturated rings. The molecule has 0 aromatic heterocycles. The molecular weight excluding hydrogens is 162 g/mol. The lowest BCUT2D eigenvalue weighted by atomic mass is 9.89. The van der Waals surface area contributed by atoms with Crippen LogP contribution in [0.25, 0.3) is 0 Å². The molecule has 0 spiro atoms. The zero-order chi connectivity index (χ0) is 9.31. The smallest absolute Gasteiger partial charge is 0.0900 e. The van der Waals surface area contributed by atoms with E-state index in [0.29, 0.717) is 0 Å². The summed E-state index contributed by atoms with van der Waals surface area (Å²) in [7, 11) is 0. The average Bonchev–Trinajstić information content (AvgIpc) is 2.80. The van der Waals surface area contributed by atoms with Crippen LogP contribution < -0.4 is 0 Å². The summed E-state index contributed by atoms with van der Waals surface area (Å²) >= 11 is 0. The average molecular weight is 183 g/mol. The minimum atomic E-state index is -0.321. The van der Waals surface area contributed by atoms with E-state index in [1.165, 1.54) is 25.8 Å². The number of likely N-dealkylation sites (tertiary alicyclic amines) is 1. The van der Waals surface area contributed by atoms with Gasteiger partial charge in [-0.1, -0.05) is 26.2 Å². The molecule has 1 aliphatic heterocycles. The van der Waals surface area contributed by atoms with Crippen LogP contribution in [0.3, 0.4) is 0 Å². The molecule has 0 aromatic rings. The molecular formula is C11H21NO. The number of β-amino-alcohol motifs (C(OH)–C–C–N with tert-alkyl or cyclic N) is 1. The van der Waals surface area contributed by atoms with E-state index in [1.807, 2.05) is 0 Å². The molecule has 0 aromatic carbocycles. The molecule has 1 N–H and O–H groups in total. The molecule has 1 heterocycles. The van der Waals surface area contributed by atoms with E-state index >= 15 is 0 Å². The first kappa shape index (κ1) is 9.47. The zero-order valence-corrected chi connectivity index (χ0v) is 8.63. The fourth-order valence-corrected chi connectivity index (χ4v) is 2.34. The van der Waals surface area contributed by atoms with E-state index in [4.69, 9.17) is 0 Å². The van der Waals surface area contributed by atoms with Gasteiger partial charge in [0, 0.05) is 13.1 Å². The number of aliphatic hydroxyl groups is 1. The van der Waals surface area contributed by atoms with Gasteiger partial charge in [0.2, 0.25) is 0 Å². The summed E-state index contributed by atoms with van der Waals surface area (Å²) in [5.74, 6) is 1.03. The summed E-state index contributed by atoms with van der Waals surface area (Å²) in [6.07, 6.45) is 6.35. The van der Waals surface area contributed by atoms with Gasteiger partial charge in [-0.05, 0) is 25.3 Å². The number of hydrogen-bond acceptors (Lipinski definition) is 2. The molecule has 0 unspecified atom stereocenters. The van der Waals surface area contributed by atoms with Crippen molar-refractivity contribution >= 4 is 0 Å². The van der Waals surface area contributed by atoms with Gasteiger partial charge in [-0.15, -0.1) is 0 Å². The standard InChI is InChI=1S/C11H21NO/c1-2-6-11(13)8-12(9-11)7-5-10-3-4-10/h10,13H,2-9H2,1H3. The highest BCUT2D eigenvalue weighted by Crippen LogP contribution is 2.34. The van der Waals surface area contributed by atoms with Gasteiger partial charge in [-0.25, -0.2) is 0 Å². The fraction of sp³-hybridized carbons (Fsp3) is 1.00. The first-order valence-electron chi connectivity index (χ1n) is 5.66. The van der Waals surface area contributed by atoms with E-state index in [1.54, 1.807) is 0 Å². The summed E-state index contributed by atoms with van der Waals surface area (Å²) in [5.41, 5.74) is -0.321. The third kappa shape index (κ3) is 2.44. The quantitative estimate of drug-likeness (QED) is 0.700. The van der Waals surface area contributed by atoms with Gasteiger partial charge in [0.05, 0.1) is 5.60 Å². The summed E-state index contributed by atoms with van der Waals surface area (Å²) in [4.78, 5) is 2.40. The SMILES string of the molecule is CCCC1(O)CN(CCC2CC2)C1. The van der Waals surface area contributed by atoms with Gasteiger partial charge in [0.1, 0.15) is 0 Å². The van der Waals surface area contributed by atoms with Crippen molar-refractivity contribution in [2.45, 2.75) is 44.6 Å². The third-order valence-corrected chi connectivity index (χ3v) is 3.30. The molecule has 2 aliphatic rings. The fourth-order valence-electron chi connectivity index (χ4n) is 2.34. The van der Waals surface area contributed by atoms with Crippen molar-refractivity contribution in [1.82, 2.24) is 4.90 Å². The van der Waals surface area contributed by atoms with Crippen LogP contribution in [0.5, 0.6) is 0 Å². The molecule has 1 saturated carbocycles. The second-order valence-corrected chi connectivity index (χ2v) is 4.92. The van der Waals surface area contributed by atoms with Crippen molar-refractivity contribution in [1.29, 1.82) is 0 Å². The van der Waals surface area contributed by atoms with Gasteiger partial charge in [-0.2, -0.15) is 0 Å². The maximum absolute atomic E-state index is 9.92. The predicted octanol–water partition coefficient (Wildman–Crippen LogP) is 1.63. The Morgan fingerprint density at radius 2 is 2.08 bits per heavy atom. The second kappa shape index (κ2) is 3.58. The summed E-state index contributed by atoms with van der Waals surface area (Å²) < 4.78 is 0. The number of hydrogen-bond donors (Lipinski definition) is 1. The largest absolute Gasteiger partial charge is 0.387 e. The van der Waals surface area contributed by atoms with Gasteiger partial charge in [-0.3, -0.25) is 4.90 Å². The molecule has 0 amide bonds. The molecule has 13 heavy (non-hydrogen) atoms. The Labute approximate surface area is 80.9 Å². The first-order valence-corrected chi connectivity index (χ1v) is 5.66.